The number of aryl methyl sites for hydroxylation is 1. The number of benzene rings is 1. The Morgan fingerprint density at radius 1 is 1.14 bits per heavy atom. The lowest BCUT2D eigenvalue weighted by Crippen LogP contribution is -1.93. The van der Waals surface area contributed by atoms with Crippen LogP contribution in [0.3, 0.4) is 0 Å². The zero-order valence-electron chi connectivity index (χ0n) is 11.9. The molecule has 5 nitrogen and oxygen atoms in total. The van der Waals surface area contributed by atoms with Crippen LogP contribution in [0, 0.1) is 6.92 Å². The van der Waals surface area contributed by atoms with Gasteiger partial charge in [0.2, 0.25) is 0 Å². The van der Waals surface area contributed by atoms with Gasteiger partial charge in [-0.15, -0.1) is 0 Å². The first kappa shape index (κ1) is 13.2. The van der Waals surface area contributed by atoms with Crippen LogP contribution in [0.4, 0.5) is 5.82 Å². The number of hydrogen-bond acceptors (Lipinski definition) is 4. The van der Waals surface area contributed by atoms with Gasteiger partial charge in [-0.1, -0.05) is 24.3 Å². The topological polar surface area (TPSA) is 76.8 Å². The van der Waals surface area contributed by atoms with Gasteiger partial charge in [0, 0.05) is 11.8 Å². The van der Waals surface area contributed by atoms with Gasteiger partial charge in [0.25, 0.3) is 0 Å². The van der Waals surface area contributed by atoms with Crippen molar-refractivity contribution in [1.29, 1.82) is 0 Å². The summed E-state index contributed by atoms with van der Waals surface area (Å²) in [5, 5.41) is 7.17. The summed E-state index contributed by atoms with van der Waals surface area (Å²) in [7, 11) is 1.62. The minimum Gasteiger partial charge on any atom is -0.494 e. The first-order chi connectivity index (χ1) is 10.2. The Kier molecular flexibility index (Phi) is 3.31. The van der Waals surface area contributed by atoms with Gasteiger partial charge in [-0.3, -0.25) is 10.1 Å². The molecule has 0 saturated heterocycles. The third kappa shape index (κ3) is 2.23. The van der Waals surface area contributed by atoms with Crippen molar-refractivity contribution < 1.29 is 4.74 Å². The molecule has 3 N–H and O–H groups in total. The molecule has 0 unspecified atom stereocenters. The number of ether oxygens (including phenoxy) is 1. The van der Waals surface area contributed by atoms with Crippen LogP contribution < -0.4 is 10.5 Å². The molecule has 0 fully saturated rings. The van der Waals surface area contributed by atoms with Crippen molar-refractivity contribution in [1.82, 2.24) is 15.2 Å². The second-order valence-electron chi connectivity index (χ2n) is 4.75. The fourth-order valence-corrected chi connectivity index (χ4v) is 2.43. The fraction of sp³-hybridized carbons (Fsp3) is 0.125. The number of nitrogens with one attached hydrogen (secondary N) is 1. The van der Waals surface area contributed by atoms with Gasteiger partial charge >= 0.3 is 0 Å². The number of aromatic amines is 1. The number of hydrogen-bond donors (Lipinski definition) is 2. The van der Waals surface area contributed by atoms with Gasteiger partial charge in [0.15, 0.2) is 5.82 Å². The van der Waals surface area contributed by atoms with Gasteiger partial charge in [-0.05, 0) is 24.1 Å². The first-order valence-corrected chi connectivity index (χ1v) is 6.60. The number of nitrogen functional groups attached to an aromatic ring is 1. The van der Waals surface area contributed by atoms with Crippen LogP contribution in [-0.2, 0) is 0 Å². The van der Waals surface area contributed by atoms with Crippen LogP contribution in [0.25, 0.3) is 22.4 Å². The summed E-state index contributed by atoms with van der Waals surface area (Å²) in [6.07, 6.45) is 3.39. The minimum atomic E-state index is 0.471. The average Bonchev–Trinajstić information content (AvgIpc) is 2.89. The van der Waals surface area contributed by atoms with Crippen molar-refractivity contribution in [2.24, 2.45) is 0 Å². The number of nitrogens with two attached hydrogens (primary N) is 1. The quantitative estimate of drug-likeness (QED) is 0.773. The predicted octanol–water partition coefficient (Wildman–Crippen LogP) is 3.04. The van der Waals surface area contributed by atoms with Gasteiger partial charge in [0.05, 0.1) is 24.6 Å². The molecule has 21 heavy (non-hydrogen) atoms. The van der Waals surface area contributed by atoms with Gasteiger partial charge in [-0.2, -0.15) is 5.10 Å². The molecule has 0 bridgehead atoms. The summed E-state index contributed by atoms with van der Waals surface area (Å²) < 4.78 is 5.38. The Bertz CT molecular complexity index is 779. The molecule has 5 heteroatoms. The molecule has 3 rings (SSSR count). The van der Waals surface area contributed by atoms with E-state index in [1.807, 2.05) is 24.3 Å². The van der Waals surface area contributed by atoms with Crippen molar-refractivity contribution in [3.05, 3.63) is 48.3 Å². The molecular formula is C16H16N4O. The van der Waals surface area contributed by atoms with Gasteiger partial charge in [0.1, 0.15) is 5.75 Å². The molecule has 0 spiro atoms. The average molecular weight is 280 g/mol. The summed E-state index contributed by atoms with van der Waals surface area (Å²) >= 11 is 0. The molecule has 1 aromatic carbocycles. The molecule has 0 saturated carbocycles. The Labute approximate surface area is 122 Å². The van der Waals surface area contributed by atoms with Crippen LogP contribution in [-0.4, -0.2) is 22.3 Å². The maximum absolute atomic E-state index is 6.07. The van der Waals surface area contributed by atoms with Gasteiger partial charge < -0.3 is 10.5 Å². The number of aromatic nitrogens is 3. The highest BCUT2D eigenvalue weighted by Crippen LogP contribution is 2.39. The second kappa shape index (κ2) is 5.28. The van der Waals surface area contributed by atoms with Crippen molar-refractivity contribution in [3.63, 3.8) is 0 Å². The molecule has 0 radical (unpaired) electrons. The van der Waals surface area contributed by atoms with Crippen LogP contribution in [0.2, 0.25) is 0 Å². The number of nitrogens with zero attached hydrogens (tertiary/aromatic N) is 2. The monoisotopic (exact) mass is 280 g/mol. The predicted molar refractivity (Wildman–Crippen MR) is 83.0 cm³/mol. The largest absolute Gasteiger partial charge is 0.494 e. The first-order valence-electron chi connectivity index (χ1n) is 6.60. The van der Waals surface area contributed by atoms with Crippen LogP contribution in [0.1, 0.15) is 5.56 Å². The standard InChI is InChI=1S/C16H16N4O/c1-10-5-3-4-6-11(10)14-15(19-20-16(14)17)12-7-8-18-9-13(12)21-2/h3-9H,1-2H3,(H3,17,19,20). The number of rotatable bonds is 3. The zero-order chi connectivity index (χ0) is 14.8. The second-order valence-corrected chi connectivity index (χ2v) is 4.75. The Hall–Kier alpha value is -2.82. The third-order valence-electron chi connectivity index (χ3n) is 3.48. The summed E-state index contributed by atoms with van der Waals surface area (Å²) in [5.41, 5.74) is 10.9. The van der Waals surface area contributed by atoms with E-state index in [0.29, 0.717) is 11.6 Å². The summed E-state index contributed by atoms with van der Waals surface area (Å²) in [6.45, 7) is 2.05. The van der Waals surface area contributed by atoms with Crippen LogP contribution in [0.5, 0.6) is 5.75 Å². The van der Waals surface area contributed by atoms with E-state index >= 15 is 0 Å². The van der Waals surface area contributed by atoms with Crippen molar-refractivity contribution in [3.8, 4) is 28.1 Å². The zero-order valence-corrected chi connectivity index (χ0v) is 11.9. The van der Waals surface area contributed by atoms with Crippen molar-refractivity contribution >= 4 is 5.82 Å². The SMILES string of the molecule is COc1cnccc1-c1[nH]nc(N)c1-c1ccccc1C. The summed E-state index contributed by atoms with van der Waals surface area (Å²) in [5.74, 6) is 1.15. The summed E-state index contributed by atoms with van der Waals surface area (Å²) in [4.78, 5) is 4.08. The molecule has 0 aliphatic carbocycles. The van der Waals surface area contributed by atoms with E-state index < -0.39 is 0 Å². The van der Waals surface area contributed by atoms with Crippen molar-refractivity contribution in [2.75, 3.05) is 12.8 Å². The maximum atomic E-state index is 6.07. The number of pyridine rings is 1. The molecule has 0 aliphatic rings. The van der Waals surface area contributed by atoms with Crippen LogP contribution in [0.15, 0.2) is 42.7 Å². The lowest BCUT2D eigenvalue weighted by Gasteiger charge is -2.10. The van der Waals surface area contributed by atoms with E-state index in [0.717, 1.165) is 27.9 Å². The molecule has 0 amide bonds. The third-order valence-corrected chi connectivity index (χ3v) is 3.48. The molecule has 106 valence electrons. The lowest BCUT2D eigenvalue weighted by molar-refractivity contribution is 0.414. The van der Waals surface area contributed by atoms with E-state index in [9.17, 15) is 0 Å². The lowest BCUT2D eigenvalue weighted by atomic mass is 9.97. The molecule has 0 atom stereocenters. The van der Waals surface area contributed by atoms with Crippen LogP contribution >= 0.6 is 0 Å². The number of H-pyrrole nitrogens is 1. The Morgan fingerprint density at radius 2 is 1.95 bits per heavy atom. The molecule has 2 heterocycles. The molecule has 2 aromatic heterocycles. The van der Waals surface area contributed by atoms with Crippen molar-refractivity contribution in [2.45, 2.75) is 6.92 Å². The van der Waals surface area contributed by atoms with E-state index in [1.54, 1.807) is 19.5 Å². The van der Waals surface area contributed by atoms with E-state index in [2.05, 4.69) is 28.2 Å². The Morgan fingerprint density at radius 3 is 2.71 bits per heavy atom. The van der Waals surface area contributed by atoms with E-state index in [4.69, 9.17) is 10.5 Å². The van der Waals surface area contributed by atoms with Gasteiger partial charge in [-0.25, -0.2) is 0 Å². The maximum Gasteiger partial charge on any atom is 0.153 e. The summed E-state index contributed by atoms with van der Waals surface area (Å²) in [6, 6.07) is 9.96. The molecular weight excluding hydrogens is 264 g/mol. The van der Waals surface area contributed by atoms with E-state index in [1.165, 1.54) is 0 Å². The van der Waals surface area contributed by atoms with E-state index in [-0.39, 0.29) is 0 Å². The highest BCUT2D eigenvalue weighted by atomic mass is 16.5. The molecule has 3 aromatic rings. The smallest absolute Gasteiger partial charge is 0.153 e. The fourth-order valence-electron chi connectivity index (χ4n) is 2.43. The molecule has 0 aliphatic heterocycles. The Balaban J connectivity index is 2.25. The highest BCUT2D eigenvalue weighted by Gasteiger charge is 2.18. The number of anilines is 1. The minimum absolute atomic E-state index is 0.471. The highest BCUT2D eigenvalue weighted by molar-refractivity contribution is 5.90. The number of methoxy groups -OCH3 is 1. The normalized spacial score (nSPS) is 10.6.